The summed E-state index contributed by atoms with van der Waals surface area (Å²) in [6.07, 6.45) is 0.105. The summed E-state index contributed by atoms with van der Waals surface area (Å²) in [4.78, 5) is 22.9. The highest BCUT2D eigenvalue weighted by atomic mass is 31.2. The largest absolute Gasteiger partial charge is 0.494 e. The monoisotopic (exact) mass is 508 g/mol. The second kappa shape index (κ2) is 9.13. The maximum absolute atomic E-state index is 13.3. The van der Waals surface area contributed by atoms with Crippen molar-refractivity contribution < 1.29 is 32.4 Å². The van der Waals surface area contributed by atoms with Crippen LogP contribution >= 0.6 is 7.82 Å². The van der Waals surface area contributed by atoms with Crippen molar-refractivity contribution in [2.24, 2.45) is 0 Å². The average Bonchev–Trinajstić information content (AvgIpc) is 3.19. The average molecular weight is 508 g/mol. The van der Waals surface area contributed by atoms with Gasteiger partial charge in [-0.1, -0.05) is 25.9 Å². The Morgan fingerprint density at radius 3 is 2.57 bits per heavy atom. The van der Waals surface area contributed by atoms with Gasteiger partial charge in [0.2, 0.25) is 0 Å². The molecule has 1 fully saturated rings. The van der Waals surface area contributed by atoms with Crippen LogP contribution in [-0.2, 0) is 14.5 Å². The number of phosphoric acid groups is 1. The highest BCUT2D eigenvalue weighted by molar-refractivity contribution is 7.46. The first-order chi connectivity index (χ1) is 16.3. The van der Waals surface area contributed by atoms with E-state index in [0.717, 1.165) is 27.8 Å². The van der Waals surface area contributed by atoms with Crippen molar-refractivity contribution >= 4 is 24.7 Å². The Morgan fingerprint density at radius 1 is 1.26 bits per heavy atom. The minimum Gasteiger partial charge on any atom is -0.494 e. The molecule has 0 aliphatic heterocycles. The second-order valence-electron chi connectivity index (χ2n) is 9.93. The second-order valence-corrected chi connectivity index (χ2v) is 11.1. The Morgan fingerprint density at radius 2 is 1.97 bits per heavy atom. The number of aromatic nitrogens is 3. The van der Waals surface area contributed by atoms with Gasteiger partial charge in [0.25, 0.3) is 5.89 Å². The van der Waals surface area contributed by atoms with Gasteiger partial charge in [-0.15, -0.1) is 5.10 Å². The molecule has 1 saturated carbocycles. The number of halogens is 1. The van der Waals surface area contributed by atoms with Crippen molar-refractivity contribution in [2.75, 3.05) is 18.6 Å². The number of phosphoric ester groups is 1. The summed E-state index contributed by atoms with van der Waals surface area (Å²) in [5.41, 5.74) is 1.65. The predicted molar refractivity (Wildman–Crippen MR) is 128 cm³/mol. The summed E-state index contributed by atoms with van der Waals surface area (Å²) in [5, 5.41) is 12.1. The zero-order valence-electron chi connectivity index (χ0n) is 20.3. The first-order valence-electron chi connectivity index (χ1n) is 11.3. The standard InChI is InChI=1S/C23H30FN4O6P/c1-6-32-15-8-16-13(2)7-18(26-19(16)17(9-15)22(3,4)5)20-27-28-21(33-20)25-14-10-23(11-14,12-24)34-35(29,30)31/h7-9,14H,6,10-12H2,1-5H3,(H,25,28)(H2,29,30,31)/t14-,23+. The number of nitrogens with one attached hydrogen (secondary N) is 1. The molecule has 2 aromatic heterocycles. The molecule has 1 aromatic carbocycles. The molecular weight excluding hydrogens is 478 g/mol. The van der Waals surface area contributed by atoms with Crippen LogP contribution in [0.3, 0.4) is 0 Å². The molecule has 2 heterocycles. The number of nitrogens with zero attached hydrogens (tertiary/aromatic N) is 3. The molecule has 1 aliphatic carbocycles. The van der Waals surface area contributed by atoms with Crippen LogP contribution in [-0.4, -0.2) is 49.9 Å². The third-order valence-corrected chi connectivity index (χ3v) is 6.60. The Kier molecular flexibility index (Phi) is 6.65. The molecule has 4 rings (SSSR count). The van der Waals surface area contributed by atoms with E-state index in [0.29, 0.717) is 12.3 Å². The van der Waals surface area contributed by atoms with Crippen LogP contribution in [0, 0.1) is 6.92 Å². The van der Waals surface area contributed by atoms with Crippen LogP contribution in [0.25, 0.3) is 22.5 Å². The summed E-state index contributed by atoms with van der Waals surface area (Å²) in [7, 11) is -4.80. The lowest BCUT2D eigenvalue weighted by atomic mass is 9.77. The first kappa shape index (κ1) is 25.5. The lowest BCUT2D eigenvalue weighted by molar-refractivity contribution is -0.0542. The summed E-state index contributed by atoms with van der Waals surface area (Å²) < 4.78 is 40.6. The minimum absolute atomic E-state index is 0.0523. The van der Waals surface area contributed by atoms with E-state index in [-0.39, 0.29) is 36.2 Å². The predicted octanol–water partition coefficient (Wildman–Crippen LogP) is 4.68. The summed E-state index contributed by atoms with van der Waals surface area (Å²) in [5.74, 6) is 1.01. The Balaban J connectivity index is 1.59. The van der Waals surface area contributed by atoms with Crippen LogP contribution in [0.2, 0.25) is 0 Å². The molecule has 0 unspecified atom stereocenters. The number of hydrogen-bond donors (Lipinski definition) is 3. The molecule has 12 heteroatoms. The van der Waals surface area contributed by atoms with Gasteiger partial charge in [-0.05, 0) is 48.6 Å². The van der Waals surface area contributed by atoms with Crippen LogP contribution in [0.15, 0.2) is 22.6 Å². The number of anilines is 1. The van der Waals surface area contributed by atoms with E-state index in [9.17, 15) is 8.96 Å². The molecule has 3 aromatic rings. The third kappa shape index (κ3) is 5.48. The fourth-order valence-corrected chi connectivity index (χ4v) is 5.06. The molecule has 10 nitrogen and oxygen atoms in total. The van der Waals surface area contributed by atoms with Gasteiger partial charge < -0.3 is 24.3 Å². The molecule has 0 atom stereocenters. The molecule has 190 valence electrons. The topological polar surface area (TPSA) is 140 Å². The molecule has 1 aliphatic rings. The maximum atomic E-state index is 13.3. The lowest BCUT2D eigenvalue weighted by Gasteiger charge is -2.44. The number of hydrogen-bond acceptors (Lipinski definition) is 8. The van der Waals surface area contributed by atoms with Gasteiger partial charge in [-0.2, -0.15) is 0 Å². The highest BCUT2D eigenvalue weighted by Gasteiger charge is 2.50. The van der Waals surface area contributed by atoms with Crippen LogP contribution in [0.4, 0.5) is 10.4 Å². The normalized spacial score (nSPS) is 20.6. The first-order valence-corrected chi connectivity index (χ1v) is 12.9. The van der Waals surface area contributed by atoms with E-state index in [1.807, 2.05) is 32.0 Å². The molecule has 0 spiro atoms. The van der Waals surface area contributed by atoms with Gasteiger partial charge in [0, 0.05) is 24.3 Å². The summed E-state index contributed by atoms with van der Waals surface area (Å²) >= 11 is 0. The molecule has 0 saturated heterocycles. The number of ether oxygens (including phenoxy) is 1. The van der Waals surface area contributed by atoms with Crippen LogP contribution in [0.1, 0.15) is 51.7 Å². The number of fused-ring (bicyclic) bond motifs is 1. The van der Waals surface area contributed by atoms with Crippen molar-refractivity contribution in [3.8, 4) is 17.3 Å². The zero-order chi connectivity index (χ0) is 25.6. The number of benzene rings is 1. The van der Waals surface area contributed by atoms with Crippen molar-refractivity contribution in [1.29, 1.82) is 0 Å². The third-order valence-electron chi connectivity index (χ3n) is 5.98. The smallest absolute Gasteiger partial charge is 0.470 e. The Bertz CT molecular complexity index is 1280. The van der Waals surface area contributed by atoms with E-state index >= 15 is 0 Å². The molecular formula is C23H30FN4O6P. The van der Waals surface area contributed by atoms with E-state index in [4.69, 9.17) is 23.9 Å². The molecule has 35 heavy (non-hydrogen) atoms. The van der Waals surface area contributed by atoms with E-state index < -0.39 is 20.1 Å². The number of aryl methyl sites for hydroxylation is 1. The lowest BCUT2D eigenvalue weighted by Crippen LogP contribution is -2.53. The minimum atomic E-state index is -4.80. The maximum Gasteiger partial charge on any atom is 0.470 e. The zero-order valence-corrected chi connectivity index (χ0v) is 21.2. The van der Waals surface area contributed by atoms with E-state index in [2.05, 4.69) is 40.8 Å². The SMILES string of the molecule is CCOc1cc(C(C)(C)C)c2nc(-c3nnc(N[C@H]4C[C@@](CF)(OP(=O)(O)O)C4)o3)cc(C)c2c1. The fourth-order valence-electron chi connectivity index (χ4n) is 4.36. The molecule has 0 radical (unpaired) electrons. The van der Waals surface area contributed by atoms with Crippen molar-refractivity contribution in [3.05, 3.63) is 29.3 Å². The molecule has 0 amide bonds. The quantitative estimate of drug-likeness (QED) is 0.367. The molecule has 0 bridgehead atoms. The number of alkyl halides is 1. The van der Waals surface area contributed by atoms with Gasteiger partial charge in [0.1, 0.15) is 23.7 Å². The Labute approximate surface area is 202 Å². The highest BCUT2D eigenvalue weighted by Crippen LogP contribution is 2.50. The number of pyridine rings is 1. The van der Waals surface area contributed by atoms with Gasteiger partial charge in [0.15, 0.2) is 0 Å². The summed E-state index contributed by atoms with van der Waals surface area (Å²) in [6.45, 7) is 9.83. The van der Waals surface area contributed by atoms with Crippen molar-refractivity contribution in [3.63, 3.8) is 0 Å². The Hall–Kier alpha value is -2.59. The molecule has 3 N–H and O–H groups in total. The van der Waals surface area contributed by atoms with Gasteiger partial charge in [-0.3, -0.25) is 4.52 Å². The van der Waals surface area contributed by atoms with Crippen molar-refractivity contribution in [1.82, 2.24) is 15.2 Å². The van der Waals surface area contributed by atoms with Crippen molar-refractivity contribution in [2.45, 2.75) is 64.5 Å². The van der Waals surface area contributed by atoms with E-state index in [1.54, 1.807) is 0 Å². The van der Waals surface area contributed by atoms with Crippen LogP contribution in [0.5, 0.6) is 5.75 Å². The van der Waals surface area contributed by atoms with Gasteiger partial charge >= 0.3 is 13.8 Å². The van der Waals surface area contributed by atoms with Gasteiger partial charge in [0.05, 0.1) is 12.1 Å². The fraction of sp³-hybridized carbons (Fsp3) is 0.522. The van der Waals surface area contributed by atoms with Crippen LogP contribution < -0.4 is 10.1 Å². The van der Waals surface area contributed by atoms with E-state index in [1.165, 1.54) is 0 Å². The summed E-state index contributed by atoms with van der Waals surface area (Å²) in [6, 6.07) is 5.63. The van der Waals surface area contributed by atoms with Gasteiger partial charge in [-0.25, -0.2) is 13.9 Å². The number of rotatable bonds is 8.